The standard InChI is InChI=1S/C5H9N2O/c1-7(2,5-8)4-3-6/h5H,4H2,1-2H3/q+1. The second-order valence-electron chi connectivity index (χ2n) is 2.20. The second-order valence-corrected chi connectivity index (χ2v) is 2.20. The first kappa shape index (κ1) is 7.12. The van der Waals surface area contributed by atoms with E-state index in [0.29, 0.717) is 0 Å². The fourth-order valence-electron chi connectivity index (χ4n) is 0.220. The van der Waals surface area contributed by atoms with Gasteiger partial charge in [0.2, 0.25) is 0 Å². The van der Waals surface area contributed by atoms with Crippen molar-refractivity contribution in [3.05, 3.63) is 0 Å². The fraction of sp³-hybridized carbons (Fsp3) is 0.600. The van der Waals surface area contributed by atoms with Crippen molar-refractivity contribution in [1.82, 2.24) is 0 Å². The minimum Gasteiger partial charge on any atom is -0.256 e. The molecule has 0 radical (unpaired) electrons. The molecule has 0 saturated carbocycles. The average Bonchev–Trinajstić information content (AvgIpc) is 1.67. The molecule has 3 heteroatoms. The molecule has 0 spiro atoms. The smallest absolute Gasteiger partial charge is 0.256 e. The zero-order valence-electron chi connectivity index (χ0n) is 5.09. The van der Waals surface area contributed by atoms with Crippen LogP contribution in [0.4, 0.5) is 0 Å². The average molecular weight is 113 g/mol. The van der Waals surface area contributed by atoms with Crippen LogP contribution in [-0.2, 0) is 4.79 Å². The molecule has 3 nitrogen and oxygen atoms in total. The summed E-state index contributed by atoms with van der Waals surface area (Å²) in [5.41, 5.74) is 0. The summed E-state index contributed by atoms with van der Waals surface area (Å²) >= 11 is 0. The molecule has 0 heterocycles. The van der Waals surface area contributed by atoms with Gasteiger partial charge in [0.15, 0.2) is 6.54 Å². The first-order valence-electron chi connectivity index (χ1n) is 2.28. The predicted molar refractivity (Wildman–Crippen MR) is 28.7 cm³/mol. The topological polar surface area (TPSA) is 40.9 Å². The molecule has 0 N–H and O–H groups in total. The minimum atomic E-state index is 0.122. The lowest BCUT2D eigenvalue weighted by atomic mass is 10.5. The maximum absolute atomic E-state index is 10.0. The van der Waals surface area contributed by atoms with E-state index in [1.807, 2.05) is 6.07 Å². The maximum atomic E-state index is 10.0. The van der Waals surface area contributed by atoms with Crippen LogP contribution in [0.15, 0.2) is 0 Å². The van der Waals surface area contributed by atoms with Gasteiger partial charge in [-0.3, -0.25) is 4.48 Å². The number of nitrogens with zero attached hydrogens (tertiary/aromatic N) is 2. The van der Waals surface area contributed by atoms with Gasteiger partial charge in [-0.1, -0.05) is 0 Å². The molecule has 1 amide bonds. The van der Waals surface area contributed by atoms with E-state index >= 15 is 0 Å². The van der Waals surface area contributed by atoms with E-state index < -0.39 is 0 Å². The SMILES string of the molecule is C[N+](C)(C=O)CC#N. The van der Waals surface area contributed by atoms with Crippen LogP contribution in [0, 0.1) is 11.3 Å². The van der Waals surface area contributed by atoms with Gasteiger partial charge in [-0.2, -0.15) is 5.26 Å². The van der Waals surface area contributed by atoms with E-state index in [9.17, 15) is 4.79 Å². The molecule has 0 bridgehead atoms. The summed E-state index contributed by atoms with van der Waals surface area (Å²) in [6, 6.07) is 1.90. The Morgan fingerprint density at radius 1 is 1.75 bits per heavy atom. The van der Waals surface area contributed by atoms with Gasteiger partial charge < -0.3 is 0 Å². The number of hydrogen-bond donors (Lipinski definition) is 0. The van der Waals surface area contributed by atoms with Gasteiger partial charge in [0.1, 0.15) is 6.07 Å². The monoisotopic (exact) mass is 113 g/mol. The van der Waals surface area contributed by atoms with Crippen molar-refractivity contribution in [2.45, 2.75) is 0 Å². The van der Waals surface area contributed by atoms with Gasteiger partial charge in [0.05, 0.1) is 14.1 Å². The number of nitriles is 1. The Morgan fingerprint density at radius 3 is 2.38 bits per heavy atom. The molecule has 8 heavy (non-hydrogen) atoms. The number of quaternary nitrogens is 1. The van der Waals surface area contributed by atoms with Crippen molar-refractivity contribution in [1.29, 1.82) is 5.26 Å². The van der Waals surface area contributed by atoms with Gasteiger partial charge in [-0.15, -0.1) is 0 Å². The number of carbonyl (C=O) groups excluding carboxylic acids is 1. The number of carbonyl (C=O) groups is 1. The van der Waals surface area contributed by atoms with Crippen LogP contribution < -0.4 is 0 Å². The van der Waals surface area contributed by atoms with Crippen molar-refractivity contribution in [3.63, 3.8) is 0 Å². The first-order chi connectivity index (χ1) is 3.62. The zero-order chi connectivity index (χ0) is 6.62. The van der Waals surface area contributed by atoms with Crippen LogP contribution in [0.25, 0.3) is 0 Å². The molecular weight excluding hydrogens is 104 g/mol. The van der Waals surface area contributed by atoms with E-state index in [1.54, 1.807) is 14.1 Å². The highest BCUT2D eigenvalue weighted by Gasteiger charge is 2.10. The highest BCUT2D eigenvalue weighted by Crippen LogP contribution is 1.86. The van der Waals surface area contributed by atoms with Gasteiger partial charge in [-0.05, 0) is 0 Å². The fourth-order valence-corrected chi connectivity index (χ4v) is 0.220. The van der Waals surface area contributed by atoms with Gasteiger partial charge in [0.25, 0.3) is 0 Å². The molecule has 44 valence electrons. The lowest BCUT2D eigenvalue weighted by molar-refractivity contribution is -0.796. The highest BCUT2D eigenvalue weighted by molar-refractivity contribution is 5.36. The Kier molecular flexibility index (Phi) is 2.17. The third-order valence-electron chi connectivity index (χ3n) is 0.764. The predicted octanol–water partition coefficient (Wildman–Crippen LogP) is -0.257. The summed E-state index contributed by atoms with van der Waals surface area (Å²) < 4.78 is 0.122. The maximum Gasteiger partial charge on any atom is 0.301 e. The molecule has 0 atom stereocenters. The normalized spacial score (nSPS) is 10.1. The number of hydrogen-bond acceptors (Lipinski definition) is 2. The highest BCUT2D eigenvalue weighted by atomic mass is 16.1. The number of amides is 1. The Hall–Kier alpha value is -0.880. The van der Waals surface area contributed by atoms with Crippen molar-refractivity contribution in [2.24, 2.45) is 0 Å². The Labute approximate surface area is 48.7 Å². The molecule has 0 aliphatic heterocycles. The first-order valence-corrected chi connectivity index (χ1v) is 2.28. The van der Waals surface area contributed by atoms with Crippen LogP contribution in [0.2, 0.25) is 0 Å². The molecule has 0 aromatic rings. The summed E-state index contributed by atoms with van der Waals surface area (Å²) in [6.45, 7) is 0.240. The molecule has 0 saturated heterocycles. The van der Waals surface area contributed by atoms with Crippen LogP contribution >= 0.6 is 0 Å². The second kappa shape index (κ2) is 2.43. The lowest BCUT2D eigenvalue weighted by Crippen LogP contribution is -2.37. The van der Waals surface area contributed by atoms with Gasteiger partial charge >= 0.3 is 6.41 Å². The lowest BCUT2D eigenvalue weighted by Gasteiger charge is -2.15. The Morgan fingerprint density at radius 2 is 2.25 bits per heavy atom. The molecule has 0 unspecified atom stereocenters. The molecule has 0 aromatic heterocycles. The van der Waals surface area contributed by atoms with E-state index in [4.69, 9.17) is 5.26 Å². The minimum absolute atomic E-state index is 0.122. The zero-order valence-corrected chi connectivity index (χ0v) is 5.09. The third kappa shape index (κ3) is 2.32. The largest absolute Gasteiger partial charge is 0.301 e. The summed E-state index contributed by atoms with van der Waals surface area (Å²) in [4.78, 5) is 10.0. The van der Waals surface area contributed by atoms with E-state index in [2.05, 4.69) is 0 Å². The van der Waals surface area contributed by atoms with Crippen LogP contribution in [0.5, 0.6) is 0 Å². The Bertz CT molecular complexity index is 123. The summed E-state index contributed by atoms with van der Waals surface area (Å²) in [5.74, 6) is 0. The molecule has 0 fully saturated rings. The van der Waals surface area contributed by atoms with Crippen LogP contribution in [-0.4, -0.2) is 31.5 Å². The van der Waals surface area contributed by atoms with E-state index in [0.717, 1.165) is 6.41 Å². The van der Waals surface area contributed by atoms with Gasteiger partial charge in [0, 0.05) is 0 Å². The van der Waals surface area contributed by atoms with E-state index in [1.165, 1.54) is 0 Å². The third-order valence-corrected chi connectivity index (χ3v) is 0.764. The Balaban J connectivity index is 3.76. The molecule has 0 rings (SSSR count). The summed E-state index contributed by atoms with van der Waals surface area (Å²) in [7, 11) is 3.35. The van der Waals surface area contributed by atoms with Crippen molar-refractivity contribution >= 4 is 6.41 Å². The number of rotatable bonds is 2. The van der Waals surface area contributed by atoms with Crippen LogP contribution in [0.1, 0.15) is 0 Å². The van der Waals surface area contributed by atoms with Crippen molar-refractivity contribution in [3.8, 4) is 6.07 Å². The van der Waals surface area contributed by atoms with Crippen molar-refractivity contribution < 1.29 is 9.28 Å². The van der Waals surface area contributed by atoms with E-state index in [-0.39, 0.29) is 11.0 Å². The molecule has 0 aliphatic rings. The van der Waals surface area contributed by atoms with Crippen molar-refractivity contribution in [2.75, 3.05) is 20.6 Å². The summed E-state index contributed by atoms with van der Waals surface area (Å²) in [6.07, 6.45) is 0.739. The molecular formula is C5H9N2O+. The van der Waals surface area contributed by atoms with Crippen LogP contribution in [0.3, 0.4) is 0 Å². The molecule has 0 aliphatic carbocycles. The van der Waals surface area contributed by atoms with Gasteiger partial charge in [-0.25, -0.2) is 4.79 Å². The quantitative estimate of drug-likeness (QED) is 0.281. The molecule has 0 aromatic carbocycles. The summed E-state index contributed by atoms with van der Waals surface area (Å²) in [5, 5.41) is 8.11.